The quantitative estimate of drug-likeness (QED) is 0.809. The molecule has 2 rings (SSSR count). The summed E-state index contributed by atoms with van der Waals surface area (Å²) in [7, 11) is 0. The standard InChI is InChI=1S/C16H29NO2S/c1-13(2)14-3-4-15(18)17(8-5-14)11-16(12-20)6-9-19-10-7-16/h13-14,20H,3-12H2,1-2H3. The molecule has 1 amide bonds. The summed E-state index contributed by atoms with van der Waals surface area (Å²) in [5.41, 5.74) is 0.175. The molecule has 0 spiro atoms. The van der Waals surface area contributed by atoms with E-state index in [2.05, 4.69) is 31.4 Å². The first-order valence-corrected chi connectivity index (χ1v) is 8.66. The number of carbonyl (C=O) groups excluding carboxylic acids is 1. The van der Waals surface area contributed by atoms with Gasteiger partial charge in [0.1, 0.15) is 0 Å². The Morgan fingerprint density at radius 3 is 2.65 bits per heavy atom. The first kappa shape index (κ1) is 16.2. The van der Waals surface area contributed by atoms with Gasteiger partial charge in [-0.3, -0.25) is 4.79 Å². The zero-order valence-corrected chi connectivity index (χ0v) is 13.8. The number of nitrogens with zero attached hydrogens (tertiary/aromatic N) is 1. The van der Waals surface area contributed by atoms with Gasteiger partial charge in [-0.1, -0.05) is 13.8 Å². The molecule has 3 nitrogen and oxygen atoms in total. The van der Waals surface area contributed by atoms with E-state index in [1.54, 1.807) is 0 Å². The maximum absolute atomic E-state index is 12.4. The Kier molecular flexibility index (Phi) is 5.79. The summed E-state index contributed by atoms with van der Waals surface area (Å²) in [6.07, 6.45) is 5.01. The van der Waals surface area contributed by atoms with Crippen molar-refractivity contribution in [2.45, 2.75) is 46.0 Å². The number of hydrogen-bond donors (Lipinski definition) is 1. The van der Waals surface area contributed by atoms with E-state index in [1.807, 2.05) is 0 Å². The van der Waals surface area contributed by atoms with Crippen LogP contribution in [0, 0.1) is 17.3 Å². The van der Waals surface area contributed by atoms with Crippen LogP contribution in [0.2, 0.25) is 0 Å². The minimum atomic E-state index is 0.175. The molecule has 0 bridgehead atoms. The van der Waals surface area contributed by atoms with E-state index in [0.717, 1.165) is 64.2 Å². The van der Waals surface area contributed by atoms with Gasteiger partial charge in [0.15, 0.2) is 0 Å². The lowest BCUT2D eigenvalue weighted by Gasteiger charge is -2.40. The topological polar surface area (TPSA) is 29.5 Å². The van der Waals surface area contributed by atoms with Crippen LogP contribution < -0.4 is 0 Å². The van der Waals surface area contributed by atoms with Gasteiger partial charge in [0.2, 0.25) is 5.91 Å². The van der Waals surface area contributed by atoms with Gasteiger partial charge in [-0.05, 0) is 43.3 Å². The van der Waals surface area contributed by atoms with Crippen LogP contribution in [-0.4, -0.2) is 42.9 Å². The molecule has 0 radical (unpaired) electrons. The Bertz CT molecular complexity index is 326. The van der Waals surface area contributed by atoms with Crippen LogP contribution in [0.3, 0.4) is 0 Å². The summed E-state index contributed by atoms with van der Waals surface area (Å²) in [4.78, 5) is 14.5. The van der Waals surface area contributed by atoms with Gasteiger partial charge in [0.05, 0.1) is 0 Å². The fraction of sp³-hybridized carbons (Fsp3) is 0.938. The zero-order chi connectivity index (χ0) is 14.6. The maximum atomic E-state index is 12.4. The molecule has 2 aliphatic rings. The molecular weight excluding hydrogens is 270 g/mol. The van der Waals surface area contributed by atoms with Crippen LogP contribution in [-0.2, 0) is 9.53 Å². The molecule has 1 unspecified atom stereocenters. The van der Waals surface area contributed by atoms with Crippen molar-refractivity contribution in [1.29, 1.82) is 0 Å². The predicted octanol–water partition coefficient (Wildman–Crippen LogP) is 3.00. The molecule has 2 heterocycles. The molecule has 1 atom stereocenters. The summed E-state index contributed by atoms with van der Waals surface area (Å²) in [5.74, 6) is 2.59. The van der Waals surface area contributed by atoms with Crippen molar-refractivity contribution in [1.82, 2.24) is 4.90 Å². The summed E-state index contributed by atoms with van der Waals surface area (Å²) < 4.78 is 5.48. The molecule has 0 saturated carbocycles. The van der Waals surface area contributed by atoms with Crippen molar-refractivity contribution in [2.24, 2.45) is 17.3 Å². The molecule has 20 heavy (non-hydrogen) atoms. The van der Waals surface area contributed by atoms with Crippen molar-refractivity contribution < 1.29 is 9.53 Å². The molecule has 2 saturated heterocycles. The van der Waals surface area contributed by atoms with Crippen molar-refractivity contribution >= 4 is 18.5 Å². The third kappa shape index (κ3) is 3.91. The van der Waals surface area contributed by atoms with Gasteiger partial charge in [-0.15, -0.1) is 0 Å². The monoisotopic (exact) mass is 299 g/mol. The minimum Gasteiger partial charge on any atom is -0.381 e. The molecule has 0 aromatic carbocycles. The molecule has 0 aromatic heterocycles. The van der Waals surface area contributed by atoms with Gasteiger partial charge >= 0.3 is 0 Å². The fourth-order valence-electron chi connectivity index (χ4n) is 3.47. The minimum absolute atomic E-state index is 0.175. The van der Waals surface area contributed by atoms with Crippen molar-refractivity contribution in [3.63, 3.8) is 0 Å². The second kappa shape index (κ2) is 7.17. The SMILES string of the molecule is CC(C)C1CCC(=O)N(CC2(CS)CCOCC2)CC1. The lowest BCUT2D eigenvalue weighted by molar-refractivity contribution is -0.133. The van der Waals surface area contributed by atoms with E-state index in [9.17, 15) is 4.79 Å². The molecule has 2 aliphatic heterocycles. The first-order valence-electron chi connectivity index (χ1n) is 8.03. The molecule has 4 heteroatoms. The average Bonchev–Trinajstić information content (AvgIpc) is 2.63. The van der Waals surface area contributed by atoms with Gasteiger partial charge in [-0.25, -0.2) is 0 Å². The van der Waals surface area contributed by atoms with E-state index in [4.69, 9.17) is 4.74 Å². The van der Waals surface area contributed by atoms with Gasteiger partial charge in [0.25, 0.3) is 0 Å². The number of carbonyl (C=O) groups is 1. The number of rotatable bonds is 4. The van der Waals surface area contributed by atoms with Crippen LogP contribution in [0.15, 0.2) is 0 Å². The van der Waals surface area contributed by atoms with Crippen LogP contribution in [0.4, 0.5) is 0 Å². The second-order valence-electron chi connectivity index (χ2n) is 6.92. The molecule has 0 aliphatic carbocycles. The number of amides is 1. The lowest BCUT2D eigenvalue weighted by atomic mass is 9.81. The highest BCUT2D eigenvalue weighted by molar-refractivity contribution is 7.80. The lowest BCUT2D eigenvalue weighted by Crippen LogP contribution is -2.45. The summed E-state index contributed by atoms with van der Waals surface area (Å²) >= 11 is 4.56. The number of thiol groups is 1. The Morgan fingerprint density at radius 2 is 2.05 bits per heavy atom. The highest BCUT2D eigenvalue weighted by atomic mass is 32.1. The Balaban J connectivity index is 1.98. The number of likely N-dealkylation sites (tertiary alicyclic amines) is 1. The van der Waals surface area contributed by atoms with Gasteiger partial charge < -0.3 is 9.64 Å². The summed E-state index contributed by atoms with van der Waals surface area (Å²) in [6, 6.07) is 0. The Morgan fingerprint density at radius 1 is 1.35 bits per heavy atom. The van der Waals surface area contributed by atoms with E-state index >= 15 is 0 Å². The Labute approximate surface area is 128 Å². The molecular formula is C16H29NO2S. The summed E-state index contributed by atoms with van der Waals surface area (Å²) in [6.45, 7) is 7.99. The van der Waals surface area contributed by atoms with E-state index in [0.29, 0.717) is 17.7 Å². The third-order valence-electron chi connectivity index (χ3n) is 5.21. The van der Waals surface area contributed by atoms with E-state index in [-0.39, 0.29) is 5.41 Å². The molecule has 2 fully saturated rings. The molecule has 0 N–H and O–H groups in total. The highest BCUT2D eigenvalue weighted by Gasteiger charge is 2.35. The van der Waals surface area contributed by atoms with E-state index in [1.165, 1.54) is 0 Å². The van der Waals surface area contributed by atoms with Crippen LogP contribution in [0.5, 0.6) is 0 Å². The molecule has 116 valence electrons. The van der Waals surface area contributed by atoms with Crippen LogP contribution in [0.25, 0.3) is 0 Å². The van der Waals surface area contributed by atoms with Crippen LogP contribution >= 0.6 is 12.6 Å². The maximum Gasteiger partial charge on any atom is 0.222 e. The Hall–Kier alpha value is -0.220. The van der Waals surface area contributed by atoms with Crippen LogP contribution in [0.1, 0.15) is 46.0 Å². The van der Waals surface area contributed by atoms with Gasteiger partial charge in [0, 0.05) is 38.1 Å². The van der Waals surface area contributed by atoms with Crippen molar-refractivity contribution in [2.75, 3.05) is 32.1 Å². The van der Waals surface area contributed by atoms with Crippen molar-refractivity contribution in [3.05, 3.63) is 0 Å². The second-order valence-corrected chi connectivity index (χ2v) is 7.23. The largest absolute Gasteiger partial charge is 0.381 e. The predicted molar refractivity (Wildman–Crippen MR) is 85.1 cm³/mol. The average molecular weight is 299 g/mol. The van der Waals surface area contributed by atoms with Crippen molar-refractivity contribution in [3.8, 4) is 0 Å². The van der Waals surface area contributed by atoms with E-state index < -0.39 is 0 Å². The number of ether oxygens (including phenoxy) is 1. The molecule has 0 aromatic rings. The summed E-state index contributed by atoms with van der Waals surface area (Å²) in [5, 5.41) is 0. The van der Waals surface area contributed by atoms with Gasteiger partial charge in [-0.2, -0.15) is 12.6 Å². The highest BCUT2D eigenvalue weighted by Crippen LogP contribution is 2.34. The zero-order valence-electron chi connectivity index (χ0n) is 12.9. The normalized spacial score (nSPS) is 27.7. The number of hydrogen-bond acceptors (Lipinski definition) is 3. The fourth-order valence-corrected chi connectivity index (χ4v) is 3.88. The first-order chi connectivity index (χ1) is 9.56. The third-order valence-corrected chi connectivity index (χ3v) is 5.88. The smallest absolute Gasteiger partial charge is 0.222 e.